The lowest BCUT2D eigenvalue weighted by Crippen LogP contribution is -1.98. The second-order valence-corrected chi connectivity index (χ2v) is 7.70. The summed E-state index contributed by atoms with van der Waals surface area (Å²) < 4.78 is 2.14. The average Bonchev–Trinajstić information content (AvgIpc) is 3.10. The number of carbonyl (C=O) groups is 1. The van der Waals surface area contributed by atoms with Crippen LogP contribution in [0.15, 0.2) is 40.7 Å². The van der Waals surface area contributed by atoms with Crippen LogP contribution in [-0.2, 0) is 6.42 Å². The summed E-state index contributed by atoms with van der Waals surface area (Å²) in [5, 5.41) is 0. The zero-order valence-electron chi connectivity index (χ0n) is 11.0. The van der Waals surface area contributed by atoms with Crippen LogP contribution in [0.5, 0.6) is 0 Å². The van der Waals surface area contributed by atoms with Gasteiger partial charge in [-0.3, -0.25) is 4.79 Å². The molecule has 0 aliphatic carbocycles. The number of thiazole rings is 1. The third-order valence-corrected chi connectivity index (χ3v) is 6.34. The number of aromatic nitrogens is 1. The lowest BCUT2D eigenvalue weighted by atomic mass is 10.3. The molecule has 1 aromatic carbocycles. The summed E-state index contributed by atoms with van der Waals surface area (Å²) >= 11 is 4.78. The second-order valence-electron chi connectivity index (χ2n) is 4.28. The third kappa shape index (κ3) is 2.95. The number of carbonyl (C=O) groups excluding carboxylic acids is 1. The summed E-state index contributed by atoms with van der Waals surface area (Å²) in [6, 6.07) is 12.0. The minimum absolute atomic E-state index is 0.193. The van der Waals surface area contributed by atoms with E-state index in [1.807, 2.05) is 30.3 Å². The van der Waals surface area contributed by atoms with Crippen molar-refractivity contribution in [1.29, 1.82) is 0 Å². The van der Waals surface area contributed by atoms with Crippen LogP contribution in [0.25, 0.3) is 10.2 Å². The van der Waals surface area contributed by atoms with Gasteiger partial charge in [0.2, 0.25) is 0 Å². The van der Waals surface area contributed by atoms with Crippen LogP contribution in [0.4, 0.5) is 0 Å². The van der Waals surface area contributed by atoms with E-state index in [1.165, 1.54) is 21.3 Å². The van der Waals surface area contributed by atoms with Gasteiger partial charge in [-0.15, -0.1) is 22.7 Å². The summed E-state index contributed by atoms with van der Waals surface area (Å²) in [5.41, 5.74) is 1.01. The van der Waals surface area contributed by atoms with Gasteiger partial charge >= 0.3 is 0 Å². The molecular formula is C15H13NOS3. The summed E-state index contributed by atoms with van der Waals surface area (Å²) in [4.78, 5) is 18.8. The van der Waals surface area contributed by atoms with Crippen LogP contribution >= 0.6 is 34.4 Å². The van der Waals surface area contributed by atoms with Gasteiger partial charge in [-0.2, -0.15) is 0 Å². The molecule has 0 unspecified atom stereocenters. The number of rotatable bonds is 5. The van der Waals surface area contributed by atoms with E-state index in [0.29, 0.717) is 5.75 Å². The molecule has 0 aliphatic heterocycles. The molecule has 0 aliphatic rings. The van der Waals surface area contributed by atoms with E-state index < -0.39 is 0 Å². The first-order valence-electron chi connectivity index (χ1n) is 6.36. The van der Waals surface area contributed by atoms with Crippen molar-refractivity contribution in [1.82, 2.24) is 4.98 Å². The lowest BCUT2D eigenvalue weighted by molar-refractivity contribution is 0.102. The molecule has 0 fully saturated rings. The molecule has 0 saturated carbocycles. The minimum atomic E-state index is 0.193. The fourth-order valence-electron chi connectivity index (χ4n) is 1.83. The SMILES string of the molecule is CCc1ccc(C(=O)CSc2nc3ccccc3s2)s1. The summed E-state index contributed by atoms with van der Waals surface area (Å²) in [6.07, 6.45) is 0.989. The lowest BCUT2D eigenvalue weighted by Gasteiger charge is -1.95. The zero-order chi connectivity index (χ0) is 13.9. The second kappa shape index (κ2) is 6.08. The Morgan fingerprint density at radius 2 is 2.05 bits per heavy atom. The van der Waals surface area contributed by atoms with Crippen LogP contribution in [0, 0.1) is 0 Å². The van der Waals surface area contributed by atoms with Gasteiger partial charge in [0, 0.05) is 4.88 Å². The Balaban J connectivity index is 1.68. The Hall–Kier alpha value is -1.17. The van der Waals surface area contributed by atoms with E-state index in [2.05, 4.69) is 18.0 Å². The smallest absolute Gasteiger partial charge is 0.183 e. The van der Waals surface area contributed by atoms with Gasteiger partial charge < -0.3 is 0 Å². The van der Waals surface area contributed by atoms with Crippen LogP contribution < -0.4 is 0 Å². The van der Waals surface area contributed by atoms with Crippen molar-refractivity contribution in [3.63, 3.8) is 0 Å². The van der Waals surface area contributed by atoms with Crippen LogP contribution in [0.1, 0.15) is 21.5 Å². The molecule has 0 radical (unpaired) electrons. The first-order valence-corrected chi connectivity index (χ1v) is 8.98. The Morgan fingerprint density at radius 3 is 2.80 bits per heavy atom. The number of aryl methyl sites for hydroxylation is 1. The molecule has 0 N–H and O–H groups in total. The number of hydrogen-bond acceptors (Lipinski definition) is 5. The molecule has 3 rings (SSSR count). The number of thiophene rings is 1. The molecule has 0 spiro atoms. The number of thioether (sulfide) groups is 1. The predicted octanol–water partition coefficient (Wildman–Crippen LogP) is 4.90. The Morgan fingerprint density at radius 1 is 1.20 bits per heavy atom. The van der Waals surface area contributed by atoms with Gasteiger partial charge in [-0.1, -0.05) is 30.8 Å². The molecule has 3 aromatic rings. The predicted molar refractivity (Wildman–Crippen MR) is 88.4 cm³/mol. The number of para-hydroxylation sites is 1. The Bertz CT molecular complexity index is 711. The molecule has 20 heavy (non-hydrogen) atoms. The van der Waals surface area contributed by atoms with Crippen molar-refractivity contribution in [2.24, 2.45) is 0 Å². The van der Waals surface area contributed by atoms with Crippen molar-refractivity contribution in [2.75, 3.05) is 5.75 Å². The highest BCUT2D eigenvalue weighted by molar-refractivity contribution is 8.01. The Labute approximate surface area is 129 Å². The quantitative estimate of drug-likeness (QED) is 0.495. The summed E-state index contributed by atoms with van der Waals surface area (Å²) in [7, 11) is 0. The highest BCUT2D eigenvalue weighted by Gasteiger charge is 2.11. The zero-order valence-corrected chi connectivity index (χ0v) is 13.4. The van der Waals surface area contributed by atoms with Crippen molar-refractivity contribution >= 4 is 50.4 Å². The van der Waals surface area contributed by atoms with E-state index in [0.717, 1.165) is 21.2 Å². The number of hydrogen-bond donors (Lipinski definition) is 0. The van der Waals surface area contributed by atoms with Crippen molar-refractivity contribution in [2.45, 2.75) is 17.7 Å². The maximum Gasteiger partial charge on any atom is 0.183 e. The molecule has 102 valence electrons. The maximum absolute atomic E-state index is 12.1. The molecule has 0 bridgehead atoms. The molecule has 0 atom stereocenters. The first-order chi connectivity index (χ1) is 9.76. The number of fused-ring (bicyclic) bond motifs is 1. The molecule has 5 heteroatoms. The van der Waals surface area contributed by atoms with Gasteiger partial charge in [0.1, 0.15) is 0 Å². The van der Waals surface area contributed by atoms with E-state index in [-0.39, 0.29) is 5.78 Å². The normalized spacial score (nSPS) is 11.1. The van der Waals surface area contributed by atoms with Crippen LogP contribution in [0.2, 0.25) is 0 Å². The molecule has 2 aromatic heterocycles. The highest BCUT2D eigenvalue weighted by Crippen LogP contribution is 2.30. The summed E-state index contributed by atoms with van der Waals surface area (Å²) in [6.45, 7) is 2.11. The van der Waals surface area contributed by atoms with Gasteiger partial charge in [0.25, 0.3) is 0 Å². The van der Waals surface area contributed by atoms with Gasteiger partial charge in [-0.05, 0) is 30.7 Å². The van der Waals surface area contributed by atoms with Crippen molar-refractivity contribution < 1.29 is 4.79 Å². The van der Waals surface area contributed by atoms with Crippen molar-refractivity contribution in [3.05, 3.63) is 46.2 Å². The fraction of sp³-hybridized carbons (Fsp3) is 0.200. The van der Waals surface area contributed by atoms with Crippen LogP contribution in [0.3, 0.4) is 0 Å². The molecule has 2 heterocycles. The molecule has 2 nitrogen and oxygen atoms in total. The average molecular weight is 319 g/mol. The van der Waals surface area contributed by atoms with Gasteiger partial charge in [-0.25, -0.2) is 4.98 Å². The largest absolute Gasteiger partial charge is 0.292 e. The topological polar surface area (TPSA) is 30.0 Å². The van der Waals surface area contributed by atoms with E-state index in [9.17, 15) is 4.79 Å². The fourth-order valence-corrected chi connectivity index (χ4v) is 4.76. The Kier molecular flexibility index (Phi) is 4.19. The maximum atomic E-state index is 12.1. The van der Waals surface area contributed by atoms with Gasteiger partial charge in [0.15, 0.2) is 10.1 Å². The third-order valence-electron chi connectivity index (χ3n) is 2.89. The standard InChI is InChI=1S/C15H13NOS3/c1-2-10-7-8-14(19-10)12(17)9-18-15-16-11-5-3-4-6-13(11)20-15/h3-8H,2,9H2,1H3. The van der Waals surface area contributed by atoms with Crippen LogP contribution in [-0.4, -0.2) is 16.5 Å². The molecule has 0 amide bonds. The monoisotopic (exact) mass is 319 g/mol. The number of Topliss-reactive ketones (excluding diaryl/α,β-unsaturated/α-hetero) is 1. The molecular weight excluding hydrogens is 306 g/mol. The first kappa shape index (κ1) is 13.8. The van der Waals surface area contributed by atoms with Gasteiger partial charge in [0.05, 0.1) is 20.8 Å². The van der Waals surface area contributed by atoms with E-state index in [1.54, 1.807) is 22.7 Å². The molecule has 0 saturated heterocycles. The number of nitrogens with zero attached hydrogens (tertiary/aromatic N) is 1. The van der Waals surface area contributed by atoms with Crippen molar-refractivity contribution in [3.8, 4) is 0 Å². The van der Waals surface area contributed by atoms with E-state index in [4.69, 9.17) is 0 Å². The number of ketones is 1. The minimum Gasteiger partial charge on any atom is -0.292 e. The number of benzene rings is 1. The summed E-state index contributed by atoms with van der Waals surface area (Å²) in [5.74, 6) is 0.655. The van der Waals surface area contributed by atoms with E-state index >= 15 is 0 Å². The highest BCUT2D eigenvalue weighted by atomic mass is 32.2.